The predicted octanol–water partition coefficient (Wildman–Crippen LogP) is 2.84. The van der Waals surface area contributed by atoms with Gasteiger partial charge in [0, 0.05) is 10.6 Å². The molecule has 0 spiro atoms. The molecule has 0 fully saturated rings. The van der Waals surface area contributed by atoms with Crippen LogP contribution in [-0.4, -0.2) is 14.2 Å². The maximum atomic E-state index is 11.5. The van der Waals surface area contributed by atoms with Crippen molar-refractivity contribution in [3.05, 3.63) is 34.9 Å². The van der Waals surface area contributed by atoms with Gasteiger partial charge in [-0.05, 0) is 43.9 Å². The largest absolute Gasteiger partial charge is 0.320 e. The molecule has 1 amide bonds. The molecule has 0 atom stereocenters. The quantitative estimate of drug-likeness (QED) is 0.655. The zero-order valence-electron chi connectivity index (χ0n) is 9.00. The van der Waals surface area contributed by atoms with Gasteiger partial charge in [0.05, 0.1) is 0 Å². The lowest BCUT2D eigenvalue weighted by Crippen LogP contribution is -2.37. The molecular formula is C10H14ClNO2Si. The summed E-state index contributed by atoms with van der Waals surface area (Å²) < 4.78 is 5.28. The van der Waals surface area contributed by atoms with Crippen LogP contribution in [0.5, 0.6) is 0 Å². The van der Waals surface area contributed by atoms with Gasteiger partial charge in [-0.25, -0.2) is 5.48 Å². The minimum atomic E-state index is -1.72. The lowest BCUT2D eigenvalue weighted by molar-refractivity contribution is 0.0745. The van der Waals surface area contributed by atoms with Gasteiger partial charge in [-0.3, -0.25) is 4.79 Å². The van der Waals surface area contributed by atoms with Crippen molar-refractivity contribution in [3.63, 3.8) is 0 Å². The highest BCUT2D eigenvalue weighted by atomic mass is 35.5. The zero-order valence-corrected chi connectivity index (χ0v) is 10.8. The normalized spacial score (nSPS) is 11.2. The van der Waals surface area contributed by atoms with E-state index in [0.29, 0.717) is 10.6 Å². The lowest BCUT2D eigenvalue weighted by Gasteiger charge is -2.16. The van der Waals surface area contributed by atoms with Crippen LogP contribution in [0.3, 0.4) is 0 Å². The number of benzene rings is 1. The molecule has 0 unspecified atom stereocenters. The molecule has 0 heterocycles. The monoisotopic (exact) mass is 243 g/mol. The Morgan fingerprint density at radius 1 is 1.27 bits per heavy atom. The Labute approximate surface area is 95.5 Å². The lowest BCUT2D eigenvalue weighted by atomic mass is 10.2. The molecule has 1 aromatic rings. The van der Waals surface area contributed by atoms with E-state index in [9.17, 15) is 4.79 Å². The first kappa shape index (κ1) is 12.2. The molecule has 1 N–H and O–H groups in total. The summed E-state index contributed by atoms with van der Waals surface area (Å²) in [5.74, 6) is -0.242. The van der Waals surface area contributed by atoms with Crippen LogP contribution in [0.15, 0.2) is 24.3 Å². The second kappa shape index (κ2) is 4.79. The summed E-state index contributed by atoms with van der Waals surface area (Å²) in [4.78, 5) is 11.5. The smallest absolute Gasteiger partial charge is 0.273 e. The van der Waals surface area contributed by atoms with Crippen LogP contribution in [0.4, 0.5) is 0 Å². The molecule has 1 rings (SSSR count). The van der Waals surface area contributed by atoms with Crippen LogP contribution in [0.25, 0.3) is 0 Å². The highest BCUT2D eigenvalue weighted by Gasteiger charge is 2.17. The van der Waals surface area contributed by atoms with Crippen LogP contribution in [0.2, 0.25) is 24.7 Å². The van der Waals surface area contributed by atoms with Gasteiger partial charge in [-0.15, -0.1) is 0 Å². The zero-order chi connectivity index (χ0) is 11.5. The summed E-state index contributed by atoms with van der Waals surface area (Å²) in [7, 11) is -1.72. The van der Waals surface area contributed by atoms with Gasteiger partial charge in [0.2, 0.25) is 8.32 Å². The van der Waals surface area contributed by atoms with Crippen LogP contribution in [0.1, 0.15) is 10.4 Å². The minimum Gasteiger partial charge on any atom is -0.320 e. The number of hydrogen-bond acceptors (Lipinski definition) is 2. The van der Waals surface area contributed by atoms with E-state index in [1.807, 2.05) is 19.6 Å². The number of hydrogen-bond donors (Lipinski definition) is 1. The number of halogens is 1. The van der Waals surface area contributed by atoms with Gasteiger partial charge in [0.25, 0.3) is 5.91 Å². The first-order valence-electron chi connectivity index (χ1n) is 4.62. The Balaban J connectivity index is 2.58. The summed E-state index contributed by atoms with van der Waals surface area (Å²) in [6.45, 7) is 5.99. The summed E-state index contributed by atoms with van der Waals surface area (Å²) >= 11 is 5.71. The van der Waals surface area contributed by atoms with Gasteiger partial charge in [0.15, 0.2) is 0 Å². The van der Waals surface area contributed by atoms with Gasteiger partial charge < -0.3 is 4.53 Å². The van der Waals surface area contributed by atoms with Gasteiger partial charge in [-0.2, -0.15) is 0 Å². The Bertz CT molecular complexity index is 345. The Hall–Kier alpha value is -0.843. The van der Waals surface area contributed by atoms with Crippen LogP contribution in [-0.2, 0) is 4.53 Å². The molecular weight excluding hydrogens is 230 g/mol. The Morgan fingerprint density at radius 3 is 2.27 bits per heavy atom. The molecule has 0 aliphatic rings. The summed E-state index contributed by atoms with van der Waals surface area (Å²) in [6, 6.07) is 6.66. The predicted molar refractivity (Wildman–Crippen MR) is 63.3 cm³/mol. The van der Waals surface area contributed by atoms with Crippen molar-refractivity contribution in [2.24, 2.45) is 0 Å². The fourth-order valence-corrected chi connectivity index (χ4v) is 1.38. The number of amides is 1. The standard InChI is InChI=1S/C10H14ClNO2Si/c1-15(2,3)14-12-10(13)8-4-6-9(11)7-5-8/h4-7H,1-3H3,(H,12,13). The highest BCUT2D eigenvalue weighted by molar-refractivity contribution is 6.69. The van der Waals surface area contributed by atoms with Crippen molar-refractivity contribution in [1.29, 1.82) is 0 Å². The van der Waals surface area contributed by atoms with Crippen molar-refractivity contribution >= 4 is 25.8 Å². The maximum absolute atomic E-state index is 11.5. The molecule has 0 aromatic heterocycles. The molecule has 0 saturated heterocycles. The average molecular weight is 244 g/mol. The summed E-state index contributed by atoms with van der Waals surface area (Å²) in [5, 5.41) is 0.609. The van der Waals surface area contributed by atoms with E-state index in [-0.39, 0.29) is 5.91 Å². The van der Waals surface area contributed by atoms with E-state index in [2.05, 4.69) is 5.48 Å². The summed E-state index contributed by atoms with van der Waals surface area (Å²) in [5.41, 5.74) is 2.98. The topological polar surface area (TPSA) is 38.3 Å². The van der Waals surface area contributed by atoms with Crippen molar-refractivity contribution in [3.8, 4) is 0 Å². The molecule has 0 saturated carbocycles. The second-order valence-electron chi connectivity index (χ2n) is 4.15. The van der Waals surface area contributed by atoms with E-state index >= 15 is 0 Å². The first-order chi connectivity index (χ1) is 6.88. The van der Waals surface area contributed by atoms with Crippen LogP contribution < -0.4 is 5.48 Å². The van der Waals surface area contributed by atoms with E-state index in [0.717, 1.165) is 0 Å². The van der Waals surface area contributed by atoms with E-state index in [1.165, 1.54) is 0 Å². The third-order valence-corrected chi connectivity index (χ3v) is 2.52. The Kier molecular flexibility index (Phi) is 3.90. The number of hydroxylamine groups is 1. The van der Waals surface area contributed by atoms with Gasteiger partial charge >= 0.3 is 0 Å². The van der Waals surface area contributed by atoms with Crippen molar-refractivity contribution < 1.29 is 9.32 Å². The summed E-state index contributed by atoms with van der Waals surface area (Å²) in [6.07, 6.45) is 0. The molecule has 0 aliphatic carbocycles. The molecule has 0 radical (unpaired) electrons. The number of carbonyl (C=O) groups excluding carboxylic acids is 1. The van der Waals surface area contributed by atoms with Crippen molar-refractivity contribution in [2.45, 2.75) is 19.6 Å². The van der Waals surface area contributed by atoms with E-state index in [1.54, 1.807) is 24.3 Å². The SMILES string of the molecule is C[Si](C)(C)ONC(=O)c1ccc(Cl)cc1. The van der Waals surface area contributed by atoms with Crippen LogP contribution >= 0.6 is 11.6 Å². The number of carbonyl (C=O) groups is 1. The Morgan fingerprint density at radius 2 is 1.80 bits per heavy atom. The molecule has 15 heavy (non-hydrogen) atoms. The van der Waals surface area contributed by atoms with E-state index < -0.39 is 8.32 Å². The highest BCUT2D eigenvalue weighted by Crippen LogP contribution is 2.09. The van der Waals surface area contributed by atoms with Crippen molar-refractivity contribution in [1.82, 2.24) is 5.48 Å². The molecule has 0 bridgehead atoms. The second-order valence-corrected chi connectivity index (χ2v) is 9.02. The average Bonchev–Trinajstić information content (AvgIpc) is 2.14. The number of rotatable bonds is 3. The van der Waals surface area contributed by atoms with Gasteiger partial charge in [0.1, 0.15) is 0 Å². The first-order valence-corrected chi connectivity index (χ1v) is 8.41. The third kappa shape index (κ3) is 4.46. The fraction of sp³-hybridized carbons (Fsp3) is 0.300. The number of nitrogens with one attached hydrogen (secondary N) is 1. The van der Waals surface area contributed by atoms with Crippen LogP contribution in [0, 0.1) is 0 Å². The van der Waals surface area contributed by atoms with Gasteiger partial charge in [-0.1, -0.05) is 11.6 Å². The molecule has 0 aliphatic heterocycles. The maximum Gasteiger partial charge on any atom is 0.273 e. The molecule has 82 valence electrons. The molecule has 1 aromatic carbocycles. The van der Waals surface area contributed by atoms with Crippen molar-refractivity contribution in [2.75, 3.05) is 0 Å². The van der Waals surface area contributed by atoms with E-state index in [4.69, 9.17) is 16.1 Å². The molecule has 3 nitrogen and oxygen atoms in total. The third-order valence-electron chi connectivity index (χ3n) is 1.56. The fourth-order valence-electron chi connectivity index (χ4n) is 0.860. The molecule has 5 heteroatoms. The minimum absolute atomic E-state index is 0.242.